The first-order valence-corrected chi connectivity index (χ1v) is 4.78. The van der Waals surface area contributed by atoms with Gasteiger partial charge in [-0.15, -0.1) is 0 Å². The lowest BCUT2D eigenvalue weighted by molar-refractivity contribution is -0.384. The van der Waals surface area contributed by atoms with Crippen LogP contribution in [0.2, 0.25) is 0 Å². The highest BCUT2D eigenvalue weighted by Gasteiger charge is 2.22. The summed E-state index contributed by atoms with van der Waals surface area (Å²) in [5.41, 5.74) is -0.160. The Hall–Kier alpha value is -2.31. The second-order valence-corrected chi connectivity index (χ2v) is 3.32. The van der Waals surface area contributed by atoms with E-state index < -0.39 is 16.9 Å². The van der Waals surface area contributed by atoms with Crippen molar-refractivity contribution in [3.05, 3.63) is 28.3 Å². The first kappa shape index (κ1) is 12.8. The summed E-state index contributed by atoms with van der Waals surface area (Å²) in [7, 11) is 1.36. The van der Waals surface area contributed by atoms with Crippen LogP contribution in [0.1, 0.15) is 6.92 Å². The number of aliphatic carboxylic acids is 1. The smallest absolute Gasteiger partial charge is 0.325 e. The SMILES string of the molecule is COc1cccc([N+](=O)[O-])c1NC(C)C(=O)O. The molecule has 0 saturated heterocycles. The van der Waals surface area contributed by atoms with Crippen molar-refractivity contribution in [2.75, 3.05) is 12.4 Å². The average molecular weight is 240 g/mol. The maximum atomic E-state index is 10.8. The Morgan fingerprint density at radius 3 is 2.71 bits per heavy atom. The molecule has 0 saturated carbocycles. The fourth-order valence-corrected chi connectivity index (χ4v) is 1.27. The van der Waals surface area contributed by atoms with Crippen molar-refractivity contribution in [3.8, 4) is 5.75 Å². The number of carboxylic acid groups (broad SMARTS) is 1. The van der Waals surface area contributed by atoms with Gasteiger partial charge in [0.05, 0.1) is 12.0 Å². The van der Waals surface area contributed by atoms with E-state index in [1.54, 1.807) is 0 Å². The van der Waals surface area contributed by atoms with Crippen LogP contribution in [0.15, 0.2) is 18.2 Å². The lowest BCUT2D eigenvalue weighted by atomic mass is 10.2. The van der Waals surface area contributed by atoms with E-state index in [0.717, 1.165) is 0 Å². The zero-order valence-corrected chi connectivity index (χ0v) is 9.34. The number of ether oxygens (including phenoxy) is 1. The molecular weight excluding hydrogens is 228 g/mol. The largest absolute Gasteiger partial charge is 0.494 e. The summed E-state index contributed by atoms with van der Waals surface area (Å²) in [6.07, 6.45) is 0. The van der Waals surface area contributed by atoms with Crippen molar-refractivity contribution in [2.45, 2.75) is 13.0 Å². The molecule has 0 aliphatic rings. The summed E-state index contributed by atoms with van der Waals surface area (Å²) in [5, 5.41) is 22.1. The molecule has 0 aliphatic carbocycles. The van der Waals surface area contributed by atoms with Crippen molar-refractivity contribution < 1.29 is 19.6 Å². The molecule has 0 heterocycles. The first-order valence-electron chi connectivity index (χ1n) is 4.78. The minimum atomic E-state index is -1.11. The number of methoxy groups -OCH3 is 1. The van der Waals surface area contributed by atoms with E-state index >= 15 is 0 Å². The van der Waals surface area contributed by atoms with Gasteiger partial charge in [-0.1, -0.05) is 6.07 Å². The molecule has 7 heteroatoms. The minimum Gasteiger partial charge on any atom is -0.494 e. The molecule has 0 bridgehead atoms. The molecule has 1 aromatic rings. The molecule has 2 N–H and O–H groups in total. The third-order valence-electron chi connectivity index (χ3n) is 2.15. The van der Waals surface area contributed by atoms with Gasteiger partial charge in [-0.05, 0) is 13.0 Å². The quantitative estimate of drug-likeness (QED) is 0.597. The Labute approximate surface area is 97.2 Å². The molecule has 1 unspecified atom stereocenters. The lowest BCUT2D eigenvalue weighted by Crippen LogP contribution is -2.26. The molecular formula is C10H12N2O5. The van der Waals surface area contributed by atoms with Crippen LogP contribution in [0, 0.1) is 10.1 Å². The van der Waals surface area contributed by atoms with Crippen molar-refractivity contribution >= 4 is 17.3 Å². The summed E-state index contributed by atoms with van der Waals surface area (Å²) < 4.78 is 4.96. The third kappa shape index (κ3) is 2.83. The Morgan fingerprint density at radius 2 is 2.24 bits per heavy atom. The van der Waals surface area contributed by atoms with E-state index in [0.29, 0.717) is 0 Å². The maximum Gasteiger partial charge on any atom is 0.325 e. The van der Waals surface area contributed by atoms with Crippen LogP contribution in [-0.4, -0.2) is 29.2 Å². The lowest BCUT2D eigenvalue weighted by Gasteiger charge is -2.14. The van der Waals surface area contributed by atoms with Crippen LogP contribution in [0.3, 0.4) is 0 Å². The Balaban J connectivity index is 3.18. The van der Waals surface area contributed by atoms with E-state index in [2.05, 4.69) is 5.32 Å². The second kappa shape index (κ2) is 5.15. The highest BCUT2D eigenvalue weighted by molar-refractivity contribution is 5.80. The fraction of sp³-hybridized carbons (Fsp3) is 0.300. The molecule has 1 rings (SSSR count). The first-order chi connectivity index (χ1) is 7.97. The van der Waals surface area contributed by atoms with Crippen molar-refractivity contribution in [1.29, 1.82) is 0 Å². The Morgan fingerprint density at radius 1 is 1.59 bits per heavy atom. The Bertz CT molecular complexity index is 446. The number of nitrogens with one attached hydrogen (secondary N) is 1. The summed E-state index contributed by atoms with van der Waals surface area (Å²) in [5.74, 6) is -0.877. The molecule has 0 radical (unpaired) electrons. The molecule has 92 valence electrons. The van der Waals surface area contributed by atoms with Gasteiger partial charge in [0.25, 0.3) is 5.69 Å². The predicted molar refractivity (Wildman–Crippen MR) is 60.4 cm³/mol. The maximum absolute atomic E-state index is 10.8. The molecule has 17 heavy (non-hydrogen) atoms. The standard InChI is InChI=1S/C10H12N2O5/c1-6(10(13)14)11-9-7(12(15)16)4-3-5-8(9)17-2/h3-6,11H,1-2H3,(H,13,14). The number of rotatable bonds is 5. The number of carbonyl (C=O) groups is 1. The van der Waals surface area contributed by atoms with Gasteiger partial charge in [0.15, 0.2) is 5.69 Å². The van der Waals surface area contributed by atoms with Crippen LogP contribution in [0.25, 0.3) is 0 Å². The van der Waals surface area contributed by atoms with Crippen LogP contribution in [0.4, 0.5) is 11.4 Å². The van der Waals surface area contributed by atoms with E-state index in [1.165, 1.54) is 32.2 Å². The van der Waals surface area contributed by atoms with Crippen molar-refractivity contribution in [3.63, 3.8) is 0 Å². The van der Waals surface area contributed by atoms with Gasteiger partial charge < -0.3 is 15.2 Å². The summed E-state index contributed by atoms with van der Waals surface area (Å²) >= 11 is 0. The van der Waals surface area contributed by atoms with Gasteiger partial charge in [-0.25, -0.2) is 0 Å². The number of hydrogen-bond acceptors (Lipinski definition) is 5. The molecule has 0 aliphatic heterocycles. The summed E-state index contributed by atoms with van der Waals surface area (Å²) in [6.45, 7) is 1.39. The number of carboxylic acids is 1. The second-order valence-electron chi connectivity index (χ2n) is 3.32. The van der Waals surface area contributed by atoms with Gasteiger partial charge in [-0.3, -0.25) is 14.9 Å². The third-order valence-corrected chi connectivity index (χ3v) is 2.15. The monoisotopic (exact) mass is 240 g/mol. The summed E-state index contributed by atoms with van der Waals surface area (Å²) in [4.78, 5) is 20.9. The van der Waals surface area contributed by atoms with Crippen LogP contribution in [0.5, 0.6) is 5.75 Å². The van der Waals surface area contributed by atoms with Crippen LogP contribution in [-0.2, 0) is 4.79 Å². The molecule has 0 spiro atoms. The van der Waals surface area contributed by atoms with Gasteiger partial charge in [-0.2, -0.15) is 0 Å². The predicted octanol–water partition coefficient (Wildman–Crippen LogP) is 1.49. The number of anilines is 1. The van der Waals surface area contributed by atoms with Gasteiger partial charge in [0.2, 0.25) is 0 Å². The van der Waals surface area contributed by atoms with Gasteiger partial charge >= 0.3 is 5.97 Å². The number of nitro benzene ring substituents is 1. The van der Waals surface area contributed by atoms with Gasteiger partial charge in [0.1, 0.15) is 11.8 Å². The topological polar surface area (TPSA) is 102 Å². The molecule has 0 amide bonds. The molecule has 1 aromatic carbocycles. The number of para-hydroxylation sites is 1. The molecule has 7 nitrogen and oxygen atoms in total. The highest BCUT2D eigenvalue weighted by atomic mass is 16.6. The van der Waals surface area contributed by atoms with Crippen molar-refractivity contribution in [1.82, 2.24) is 0 Å². The normalized spacial score (nSPS) is 11.6. The molecule has 0 fully saturated rings. The molecule has 1 atom stereocenters. The Kier molecular flexibility index (Phi) is 3.86. The molecule has 0 aromatic heterocycles. The van der Waals surface area contributed by atoms with Crippen LogP contribution < -0.4 is 10.1 Å². The average Bonchev–Trinajstić information content (AvgIpc) is 2.28. The zero-order valence-electron chi connectivity index (χ0n) is 9.34. The summed E-state index contributed by atoms with van der Waals surface area (Å²) in [6, 6.07) is 3.31. The van der Waals surface area contributed by atoms with E-state index in [4.69, 9.17) is 9.84 Å². The number of benzene rings is 1. The zero-order chi connectivity index (χ0) is 13.0. The van der Waals surface area contributed by atoms with E-state index in [1.807, 2.05) is 0 Å². The van der Waals surface area contributed by atoms with Gasteiger partial charge in [0, 0.05) is 6.07 Å². The number of nitro groups is 1. The van der Waals surface area contributed by atoms with Crippen molar-refractivity contribution in [2.24, 2.45) is 0 Å². The van der Waals surface area contributed by atoms with E-state index in [9.17, 15) is 14.9 Å². The fourth-order valence-electron chi connectivity index (χ4n) is 1.27. The number of nitrogens with zero attached hydrogens (tertiary/aromatic N) is 1. The number of hydrogen-bond donors (Lipinski definition) is 2. The van der Waals surface area contributed by atoms with Crippen LogP contribution >= 0.6 is 0 Å². The minimum absolute atomic E-state index is 0.0647. The highest BCUT2D eigenvalue weighted by Crippen LogP contribution is 2.34. The van der Waals surface area contributed by atoms with E-state index in [-0.39, 0.29) is 17.1 Å².